The predicted octanol–water partition coefficient (Wildman–Crippen LogP) is 7.02. The first-order valence-corrected chi connectivity index (χ1v) is 14.2. The average Bonchev–Trinajstić information content (AvgIpc) is 3.46. The highest BCUT2D eigenvalue weighted by Gasteiger charge is 2.39. The van der Waals surface area contributed by atoms with Gasteiger partial charge in [0.1, 0.15) is 11.6 Å². The fraction of sp³-hybridized carbons (Fsp3) is 0.333. The van der Waals surface area contributed by atoms with E-state index in [4.69, 9.17) is 26.1 Å². The van der Waals surface area contributed by atoms with Gasteiger partial charge in [-0.05, 0) is 73.0 Å². The number of benzene rings is 2. The first-order valence-electron chi connectivity index (χ1n) is 12.2. The average molecular weight is 555 g/mol. The Labute approximate surface area is 229 Å². The quantitative estimate of drug-likeness (QED) is 0.292. The number of halogens is 1. The SMILES string of the molecule is COc1cc(/C=C2\S/C(=N/c3nnc(C)s3)N(C3CCCCC3)C2=O)ccc1OCc1ccc(Cl)cc1. The number of rotatable bonds is 7. The number of aromatic nitrogens is 2. The van der Waals surface area contributed by atoms with Gasteiger partial charge in [-0.25, -0.2) is 0 Å². The predicted molar refractivity (Wildman–Crippen MR) is 150 cm³/mol. The lowest BCUT2D eigenvalue weighted by Gasteiger charge is -2.30. The molecule has 0 spiro atoms. The molecule has 0 unspecified atom stereocenters. The van der Waals surface area contributed by atoms with Crippen LogP contribution in [0.4, 0.5) is 5.13 Å². The van der Waals surface area contributed by atoms with Crippen molar-refractivity contribution in [2.45, 2.75) is 51.7 Å². The molecule has 0 radical (unpaired) electrons. The summed E-state index contributed by atoms with van der Waals surface area (Å²) in [6, 6.07) is 13.4. The summed E-state index contributed by atoms with van der Waals surface area (Å²) < 4.78 is 11.6. The zero-order valence-corrected chi connectivity index (χ0v) is 23.0. The second-order valence-corrected chi connectivity index (χ2v) is 11.5. The summed E-state index contributed by atoms with van der Waals surface area (Å²) in [5.74, 6) is 1.21. The normalized spacial score (nSPS) is 18.7. The van der Waals surface area contributed by atoms with Gasteiger partial charge in [0.25, 0.3) is 5.91 Å². The van der Waals surface area contributed by atoms with Crippen LogP contribution in [0.5, 0.6) is 11.5 Å². The van der Waals surface area contributed by atoms with Crippen LogP contribution in [0.25, 0.3) is 6.08 Å². The van der Waals surface area contributed by atoms with Crippen molar-refractivity contribution in [3.8, 4) is 11.5 Å². The Morgan fingerprint density at radius 2 is 1.89 bits per heavy atom. The molecule has 192 valence electrons. The van der Waals surface area contributed by atoms with E-state index in [0.29, 0.717) is 38.3 Å². The van der Waals surface area contributed by atoms with Gasteiger partial charge in [0.15, 0.2) is 16.7 Å². The Balaban J connectivity index is 1.38. The first-order chi connectivity index (χ1) is 18.0. The highest BCUT2D eigenvalue weighted by atomic mass is 35.5. The minimum Gasteiger partial charge on any atom is -0.493 e. The van der Waals surface area contributed by atoms with Gasteiger partial charge in [-0.3, -0.25) is 9.69 Å². The van der Waals surface area contributed by atoms with Crippen molar-refractivity contribution in [2.75, 3.05) is 7.11 Å². The number of hydrogen-bond donors (Lipinski definition) is 0. The van der Waals surface area contributed by atoms with Gasteiger partial charge in [-0.1, -0.05) is 60.4 Å². The summed E-state index contributed by atoms with van der Waals surface area (Å²) in [4.78, 5) is 20.8. The Morgan fingerprint density at radius 3 is 2.59 bits per heavy atom. The monoisotopic (exact) mass is 554 g/mol. The molecule has 1 amide bonds. The van der Waals surface area contributed by atoms with Crippen molar-refractivity contribution >= 4 is 57.0 Å². The summed E-state index contributed by atoms with van der Waals surface area (Å²) in [5, 5.41) is 11.0. The molecule has 1 aliphatic heterocycles. The molecular weight excluding hydrogens is 528 g/mol. The van der Waals surface area contributed by atoms with E-state index in [1.165, 1.54) is 29.5 Å². The number of carbonyl (C=O) groups excluding carboxylic acids is 1. The third kappa shape index (κ3) is 6.17. The maximum absolute atomic E-state index is 13.6. The number of aryl methyl sites for hydroxylation is 1. The maximum atomic E-state index is 13.6. The number of hydrogen-bond acceptors (Lipinski definition) is 8. The van der Waals surface area contributed by atoms with Gasteiger partial charge in [0.05, 0.1) is 12.0 Å². The fourth-order valence-corrected chi connectivity index (χ4v) is 6.21. The minimum atomic E-state index is -0.0149. The molecule has 2 aliphatic rings. The number of nitrogens with zero attached hydrogens (tertiary/aromatic N) is 4. The molecule has 1 aromatic heterocycles. The van der Waals surface area contributed by atoms with Crippen LogP contribution in [0.1, 0.15) is 48.2 Å². The van der Waals surface area contributed by atoms with Gasteiger partial charge in [-0.2, -0.15) is 4.99 Å². The lowest BCUT2D eigenvalue weighted by molar-refractivity contribution is -0.124. The number of thioether (sulfide) groups is 1. The minimum absolute atomic E-state index is 0.0149. The molecule has 1 saturated carbocycles. The molecule has 37 heavy (non-hydrogen) atoms. The van der Waals surface area contributed by atoms with Crippen molar-refractivity contribution in [2.24, 2.45) is 4.99 Å². The van der Waals surface area contributed by atoms with Gasteiger partial charge in [0, 0.05) is 11.1 Å². The van der Waals surface area contributed by atoms with Crippen LogP contribution in [0.15, 0.2) is 52.4 Å². The zero-order chi connectivity index (χ0) is 25.8. The molecule has 2 fully saturated rings. The molecule has 7 nitrogen and oxygen atoms in total. The van der Waals surface area contributed by atoms with E-state index in [-0.39, 0.29) is 11.9 Å². The van der Waals surface area contributed by atoms with Crippen LogP contribution >= 0.6 is 34.7 Å². The second-order valence-electron chi connectivity index (χ2n) is 8.90. The summed E-state index contributed by atoms with van der Waals surface area (Å²) in [5.41, 5.74) is 1.86. The molecule has 10 heteroatoms. The largest absolute Gasteiger partial charge is 0.493 e. The highest BCUT2D eigenvalue weighted by molar-refractivity contribution is 8.18. The molecule has 1 aliphatic carbocycles. The summed E-state index contributed by atoms with van der Waals surface area (Å²) >= 11 is 8.78. The summed E-state index contributed by atoms with van der Waals surface area (Å²) in [6.07, 6.45) is 7.32. The number of methoxy groups -OCH3 is 1. The Kier molecular flexibility index (Phi) is 8.12. The molecule has 3 aromatic rings. The molecule has 2 aromatic carbocycles. The Morgan fingerprint density at radius 1 is 1.11 bits per heavy atom. The molecule has 1 saturated heterocycles. The van der Waals surface area contributed by atoms with Gasteiger partial charge in [-0.15, -0.1) is 10.2 Å². The molecule has 0 N–H and O–H groups in total. The van der Waals surface area contributed by atoms with E-state index in [1.54, 1.807) is 7.11 Å². The van der Waals surface area contributed by atoms with Gasteiger partial charge in [0.2, 0.25) is 5.13 Å². The van der Waals surface area contributed by atoms with E-state index < -0.39 is 0 Å². The number of amides is 1. The standard InChI is InChI=1S/C27H27ClN4O3S2/c1-17-30-31-26(36-17)29-27-32(21-6-4-3-5-7-21)25(33)24(37-27)15-19-10-13-22(23(14-19)34-2)35-16-18-8-11-20(28)12-9-18/h8-15,21H,3-7,16H2,1-2H3/b24-15-,29-27+. The van der Waals surface area contributed by atoms with Gasteiger partial charge >= 0.3 is 0 Å². The van der Waals surface area contributed by atoms with E-state index in [2.05, 4.69) is 10.2 Å². The van der Waals surface area contributed by atoms with Crippen molar-refractivity contribution in [1.82, 2.24) is 15.1 Å². The Hall–Kier alpha value is -2.88. The highest BCUT2D eigenvalue weighted by Crippen LogP contribution is 2.39. The molecular formula is C27H27ClN4O3S2. The maximum Gasteiger partial charge on any atom is 0.267 e. The Bertz CT molecular complexity index is 1330. The third-order valence-corrected chi connectivity index (χ3v) is 8.24. The van der Waals surface area contributed by atoms with Gasteiger partial charge < -0.3 is 9.47 Å². The molecule has 2 heterocycles. The van der Waals surface area contributed by atoms with Crippen LogP contribution in [-0.4, -0.2) is 39.3 Å². The summed E-state index contributed by atoms with van der Waals surface area (Å²) in [7, 11) is 1.61. The van der Waals surface area contributed by atoms with Crippen LogP contribution in [0, 0.1) is 6.92 Å². The van der Waals surface area contributed by atoms with E-state index >= 15 is 0 Å². The fourth-order valence-electron chi connectivity index (χ4n) is 4.43. The van der Waals surface area contributed by atoms with Crippen molar-refractivity contribution in [3.63, 3.8) is 0 Å². The number of amidine groups is 1. The van der Waals surface area contributed by atoms with Crippen molar-refractivity contribution < 1.29 is 14.3 Å². The molecule has 0 bridgehead atoms. The molecule has 0 atom stereocenters. The van der Waals surface area contributed by atoms with Crippen LogP contribution in [0.3, 0.4) is 0 Å². The number of ether oxygens (including phenoxy) is 2. The van der Waals surface area contributed by atoms with Crippen LogP contribution < -0.4 is 9.47 Å². The molecule has 5 rings (SSSR count). The van der Waals surface area contributed by atoms with E-state index in [9.17, 15) is 4.79 Å². The lowest BCUT2D eigenvalue weighted by atomic mass is 9.94. The third-order valence-electron chi connectivity index (χ3n) is 6.28. The smallest absolute Gasteiger partial charge is 0.267 e. The van der Waals surface area contributed by atoms with E-state index in [0.717, 1.165) is 41.8 Å². The first kappa shape index (κ1) is 25.8. The summed E-state index contributed by atoms with van der Waals surface area (Å²) in [6.45, 7) is 2.29. The zero-order valence-electron chi connectivity index (χ0n) is 20.6. The number of aliphatic imine (C=N–C) groups is 1. The van der Waals surface area contributed by atoms with Crippen molar-refractivity contribution in [3.05, 3.63) is 68.5 Å². The van der Waals surface area contributed by atoms with Crippen molar-refractivity contribution in [1.29, 1.82) is 0 Å². The number of carbonyl (C=O) groups is 1. The second kappa shape index (κ2) is 11.7. The topological polar surface area (TPSA) is 76.9 Å². The lowest BCUT2D eigenvalue weighted by Crippen LogP contribution is -2.40. The van der Waals surface area contributed by atoms with Crippen LogP contribution in [0.2, 0.25) is 5.02 Å². The van der Waals surface area contributed by atoms with E-state index in [1.807, 2.05) is 60.4 Å². The van der Waals surface area contributed by atoms with Crippen LogP contribution in [-0.2, 0) is 11.4 Å².